The third-order valence-corrected chi connectivity index (χ3v) is 6.09. The zero-order valence-corrected chi connectivity index (χ0v) is 17.5. The molecule has 3 aromatic rings. The Morgan fingerprint density at radius 1 is 0.933 bits per heavy atom. The average Bonchev–Trinajstić information content (AvgIpc) is 3.41. The van der Waals surface area contributed by atoms with Crippen LogP contribution in [0.2, 0.25) is 0 Å². The fourth-order valence-corrected chi connectivity index (χ4v) is 4.71. The van der Waals surface area contributed by atoms with E-state index in [0.717, 1.165) is 35.7 Å². The van der Waals surface area contributed by atoms with Crippen molar-refractivity contribution in [2.75, 3.05) is 23.0 Å². The van der Waals surface area contributed by atoms with Crippen LogP contribution in [0.4, 0.5) is 11.4 Å². The minimum absolute atomic E-state index is 0.0423. The molecule has 1 aromatic heterocycles. The highest BCUT2D eigenvalue weighted by molar-refractivity contribution is 6.00. The first kappa shape index (κ1) is 18.8. The van der Waals surface area contributed by atoms with Gasteiger partial charge in [-0.2, -0.15) is 0 Å². The number of hydrogen-bond donors (Lipinski definition) is 0. The van der Waals surface area contributed by atoms with Gasteiger partial charge in [-0.15, -0.1) is 0 Å². The van der Waals surface area contributed by atoms with Gasteiger partial charge in [-0.25, -0.2) is 5.01 Å². The zero-order chi connectivity index (χ0) is 20.7. The van der Waals surface area contributed by atoms with Crippen molar-refractivity contribution in [3.63, 3.8) is 0 Å². The second kappa shape index (κ2) is 7.58. The predicted octanol–water partition coefficient (Wildman–Crippen LogP) is 4.94. The van der Waals surface area contributed by atoms with Crippen LogP contribution in [0.1, 0.15) is 37.2 Å². The summed E-state index contributed by atoms with van der Waals surface area (Å²) in [6.45, 7) is 5.68. The van der Waals surface area contributed by atoms with Gasteiger partial charge in [0.05, 0.1) is 11.4 Å². The van der Waals surface area contributed by atoms with Crippen molar-refractivity contribution in [3.8, 4) is 11.1 Å². The predicted molar refractivity (Wildman–Crippen MR) is 120 cm³/mol. The molecule has 3 heterocycles. The highest BCUT2D eigenvalue weighted by Gasteiger charge is 2.43. The summed E-state index contributed by atoms with van der Waals surface area (Å²) in [4.78, 5) is 19.3. The molecule has 5 heteroatoms. The largest absolute Gasteiger partial charge is 0.284 e. The lowest BCUT2D eigenvalue weighted by molar-refractivity contribution is -0.117. The quantitative estimate of drug-likeness (QED) is 0.627. The molecule has 1 atom stereocenters. The highest BCUT2D eigenvalue weighted by atomic mass is 16.2. The van der Waals surface area contributed by atoms with E-state index in [1.165, 1.54) is 24.0 Å². The maximum atomic E-state index is 12.8. The lowest BCUT2D eigenvalue weighted by atomic mass is 10.0. The number of carbonyl (C=O) groups is 1. The second-order valence-electron chi connectivity index (χ2n) is 8.02. The first-order valence-electron chi connectivity index (χ1n) is 10.6. The summed E-state index contributed by atoms with van der Waals surface area (Å²) in [5, 5.41) is 4.69. The SMILES string of the molecule is CC(=O)N1c2ccnc(C)c2N(N2CCCC2)C1c1ccc(-c2ccccc2)cc1. The van der Waals surface area contributed by atoms with Crippen LogP contribution >= 0.6 is 0 Å². The summed E-state index contributed by atoms with van der Waals surface area (Å²) in [5.74, 6) is 0.0423. The van der Waals surface area contributed by atoms with E-state index in [9.17, 15) is 4.79 Å². The highest BCUT2D eigenvalue weighted by Crippen LogP contribution is 2.49. The Morgan fingerprint density at radius 3 is 2.27 bits per heavy atom. The van der Waals surface area contributed by atoms with Crippen LogP contribution in [0, 0.1) is 6.92 Å². The Balaban J connectivity index is 1.61. The molecule has 5 rings (SSSR count). The molecule has 1 amide bonds. The summed E-state index contributed by atoms with van der Waals surface area (Å²) in [5.41, 5.74) is 6.42. The van der Waals surface area contributed by atoms with E-state index in [2.05, 4.69) is 63.5 Å². The second-order valence-corrected chi connectivity index (χ2v) is 8.02. The number of hydrogen-bond acceptors (Lipinski definition) is 4. The van der Waals surface area contributed by atoms with E-state index in [1.807, 2.05) is 24.0 Å². The fourth-order valence-electron chi connectivity index (χ4n) is 4.71. The monoisotopic (exact) mass is 398 g/mol. The fraction of sp³-hybridized carbons (Fsp3) is 0.280. The number of aromatic nitrogens is 1. The molecule has 0 radical (unpaired) electrons. The normalized spacial score (nSPS) is 18.7. The first-order chi connectivity index (χ1) is 14.6. The molecule has 2 aliphatic heterocycles. The summed E-state index contributed by atoms with van der Waals surface area (Å²) in [6.07, 6.45) is 3.95. The number of pyridine rings is 1. The van der Waals surface area contributed by atoms with E-state index < -0.39 is 0 Å². The first-order valence-corrected chi connectivity index (χ1v) is 10.6. The van der Waals surface area contributed by atoms with Gasteiger partial charge >= 0.3 is 0 Å². The standard InChI is InChI=1S/C25H26N4O/c1-18-24-23(14-15-26-18)28(19(2)30)25(29(24)27-16-6-7-17-27)22-12-10-21(11-13-22)20-8-4-3-5-9-20/h3-5,8-15,25H,6-7,16-17H2,1-2H3. The van der Waals surface area contributed by atoms with Gasteiger partial charge in [0.25, 0.3) is 0 Å². The maximum absolute atomic E-state index is 12.8. The third-order valence-electron chi connectivity index (χ3n) is 6.09. The minimum atomic E-state index is -0.191. The number of hydrazine groups is 1. The zero-order valence-electron chi connectivity index (χ0n) is 17.5. The van der Waals surface area contributed by atoms with Gasteiger partial charge in [0.1, 0.15) is 11.9 Å². The van der Waals surface area contributed by atoms with Crippen LogP contribution in [0.15, 0.2) is 66.9 Å². The van der Waals surface area contributed by atoms with Crippen molar-refractivity contribution in [2.24, 2.45) is 0 Å². The van der Waals surface area contributed by atoms with E-state index in [0.29, 0.717) is 0 Å². The van der Waals surface area contributed by atoms with Crippen molar-refractivity contribution in [1.29, 1.82) is 0 Å². The molecular formula is C25H26N4O. The van der Waals surface area contributed by atoms with Gasteiger partial charge in [-0.05, 0) is 42.5 Å². The Morgan fingerprint density at radius 2 is 1.60 bits per heavy atom. The molecule has 0 saturated carbocycles. The van der Waals surface area contributed by atoms with Gasteiger partial charge in [-0.3, -0.25) is 19.7 Å². The van der Waals surface area contributed by atoms with Crippen LogP contribution in [-0.2, 0) is 4.79 Å². The van der Waals surface area contributed by atoms with Crippen LogP contribution in [-0.4, -0.2) is 29.0 Å². The van der Waals surface area contributed by atoms with Gasteiger partial charge in [0.2, 0.25) is 5.91 Å². The lowest BCUT2D eigenvalue weighted by Crippen LogP contribution is -2.47. The number of amides is 1. The summed E-state index contributed by atoms with van der Waals surface area (Å²) < 4.78 is 0. The topological polar surface area (TPSA) is 39.7 Å². The van der Waals surface area contributed by atoms with Gasteiger partial charge in [0, 0.05) is 26.2 Å². The van der Waals surface area contributed by atoms with Gasteiger partial charge in [-0.1, -0.05) is 54.6 Å². The van der Waals surface area contributed by atoms with Crippen LogP contribution in [0.3, 0.4) is 0 Å². The van der Waals surface area contributed by atoms with E-state index in [-0.39, 0.29) is 12.1 Å². The Bertz CT molecular complexity index is 1060. The minimum Gasteiger partial charge on any atom is -0.284 e. The molecule has 5 nitrogen and oxygen atoms in total. The van der Waals surface area contributed by atoms with E-state index in [1.54, 1.807) is 13.1 Å². The van der Waals surface area contributed by atoms with Crippen molar-refractivity contribution in [2.45, 2.75) is 32.9 Å². The number of aryl methyl sites for hydroxylation is 1. The van der Waals surface area contributed by atoms with Crippen molar-refractivity contribution in [3.05, 3.63) is 78.1 Å². The molecule has 1 fully saturated rings. The molecular weight excluding hydrogens is 372 g/mol. The molecule has 152 valence electrons. The van der Waals surface area contributed by atoms with E-state index in [4.69, 9.17) is 0 Å². The molecule has 2 aliphatic rings. The maximum Gasteiger partial charge on any atom is 0.225 e. The molecule has 0 N–H and O–H groups in total. The smallest absolute Gasteiger partial charge is 0.225 e. The van der Waals surface area contributed by atoms with Crippen molar-refractivity contribution in [1.82, 2.24) is 9.99 Å². The van der Waals surface area contributed by atoms with Gasteiger partial charge in [0.15, 0.2) is 0 Å². The van der Waals surface area contributed by atoms with Crippen LogP contribution in [0.25, 0.3) is 11.1 Å². The molecule has 30 heavy (non-hydrogen) atoms. The molecule has 1 unspecified atom stereocenters. The Labute approximate surface area is 177 Å². The molecule has 1 saturated heterocycles. The van der Waals surface area contributed by atoms with Crippen molar-refractivity contribution >= 4 is 17.3 Å². The number of nitrogens with zero attached hydrogens (tertiary/aromatic N) is 4. The number of rotatable bonds is 3. The average molecular weight is 399 g/mol. The number of carbonyl (C=O) groups excluding carboxylic acids is 1. The molecule has 0 spiro atoms. The lowest BCUT2D eigenvalue weighted by Gasteiger charge is -2.37. The van der Waals surface area contributed by atoms with Crippen LogP contribution in [0.5, 0.6) is 0 Å². The number of fused-ring (bicyclic) bond motifs is 1. The number of benzene rings is 2. The summed E-state index contributed by atoms with van der Waals surface area (Å²) in [7, 11) is 0. The summed E-state index contributed by atoms with van der Waals surface area (Å²) in [6, 6.07) is 21.0. The Kier molecular flexibility index (Phi) is 4.75. The molecule has 0 aliphatic carbocycles. The van der Waals surface area contributed by atoms with Crippen molar-refractivity contribution < 1.29 is 4.79 Å². The third kappa shape index (κ3) is 3.06. The van der Waals surface area contributed by atoms with Gasteiger partial charge < -0.3 is 0 Å². The molecule has 2 aromatic carbocycles. The Hall–Kier alpha value is -3.18. The number of anilines is 2. The molecule has 0 bridgehead atoms. The van der Waals surface area contributed by atoms with E-state index >= 15 is 0 Å². The van der Waals surface area contributed by atoms with Crippen LogP contribution < -0.4 is 9.91 Å². The summed E-state index contributed by atoms with van der Waals surface area (Å²) >= 11 is 0.